The van der Waals surface area contributed by atoms with E-state index in [4.69, 9.17) is 5.11 Å². The van der Waals surface area contributed by atoms with Crippen LogP contribution in [-0.4, -0.2) is 51.6 Å². The molecule has 8 nitrogen and oxygen atoms in total. The van der Waals surface area contributed by atoms with Crippen molar-refractivity contribution in [2.45, 2.75) is 32.7 Å². The Hall–Kier alpha value is -1.96. The van der Waals surface area contributed by atoms with Crippen LogP contribution in [0.5, 0.6) is 0 Å². The largest absolute Gasteiger partial charge is 0.481 e. The Balaban J connectivity index is 1.94. The number of nitrogens with one attached hydrogen (secondary N) is 2. The van der Waals surface area contributed by atoms with Crippen LogP contribution in [0, 0.1) is 5.41 Å². The number of carboxylic acids is 1. The van der Waals surface area contributed by atoms with Crippen molar-refractivity contribution in [2.75, 3.05) is 19.6 Å². The number of carbonyl (C=O) groups is 2. The molecule has 0 aromatic carbocycles. The minimum Gasteiger partial charge on any atom is -0.481 e. The third-order valence-electron chi connectivity index (χ3n) is 3.70. The highest BCUT2D eigenvalue weighted by atomic mass is 16.4. The van der Waals surface area contributed by atoms with Gasteiger partial charge < -0.3 is 15.7 Å². The van der Waals surface area contributed by atoms with E-state index in [0.717, 1.165) is 25.9 Å². The summed E-state index contributed by atoms with van der Waals surface area (Å²) < 4.78 is 1.72. The average molecular weight is 295 g/mol. The molecule has 1 aromatic rings. The van der Waals surface area contributed by atoms with Crippen molar-refractivity contribution in [3.05, 3.63) is 11.9 Å². The van der Waals surface area contributed by atoms with E-state index in [1.807, 2.05) is 0 Å². The van der Waals surface area contributed by atoms with Crippen molar-refractivity contribution in [1.82, 2.24) is 25.6 Å². The van der Waals surface area contributed by atoms with E-state index in [2.05, 4.69) is 20.9 Å². The van der Waals surface area contributed by atoms with Gasteiger partial charge in [-0.3, -0.25) is 9.59 Å². The first-order valence-corrected chi connectivity index (χ1v) is 7.04. The summed E-state index contributed by atoms with van der Waals surface area (Å²) in [6.45, 7) is 5.02. The van der Waals surface area contributed by atoms with Gasteiger partial charge in [0.1, 0.15) is 0 Å². The highest BCUT2D eigenvalue weighted by molar-refractivity contribution is 5.92. The minimum atomic E-state index is -1.01. The molecule has 0 radical (unpaired) electrons. The lowest BCUT2D eigenvalue weighted by Gasteiger charge is -2.22. The predicted molar refractivity (Wildman–Crippen MR) is 74.9 cm³/mol. The smallest absolute Gasteiger partial charge is 0.310 e. The standard InChI is InChI=1S/C13H21N5O3/c1-13(2,12(20)21)8-15-11(19)10-7-18(17-16-10)9-3-5-14-6-4-9/h7,9,14H,3-6,8H2,1-2H3,(H,15,19)(H,20,21). The molecular formula is C13H21N5O3. The molecule has 0 aliphatic carbocycles. The molecule has 2 heterocycles. The van der Waals surface area contributed by atoms with E-state index in [0.29, 0.717) is 0 Å². The zero-order valence-electron chi connectivity index (χ0n) is 12.3. The number of carbonyl (C=O) groups excluding carboxylic acids is 1. The van der Waals surface area contributed by atoms with Crippen LogP contribution in [0.4, 0.5) is 0 Å². The number of rotatable bonds is 5. The van der Waals surface area contributed by atoms with E-state index < -0.39 is 17.3 Å². The molecule has 2 rings (SSSR count). The van der Waals surface area contributed by atoms with Gasteiger partial charge >= 0.3 is 5.97 Å². The first-order valence-electron chi connectivity index (χ1n) is 7.04. The molecule has 0 bridgehead atoms. The first kappa shape index (κ1) is 15.4. The predicted octanol–water partition coefficient (Wildman–Crippen LogP) is 0.0432. The first-order chi connectivity index (χ1) is 9.90. The molecule has 1 fully saturated rings. The number of nitrogens with zero attached hydrogens (tertiary/aromatic N) is 3. The summed E-state index contributed by atoms with van der Waals surface area (Å²) in [7, 11) is 0. The number of carboxylic acid groups (broad SMARTS) is 1. The monoisotopic (exact) mass is 295 g/mol. The van der Waals surface area contributed by atoms with Crippen molar-refractivity contribution in [3.8, 4) is 0 Å². The third-order valence-corrected chi connectivity index (χ3v) is 3.70. The summed E-state index contributed by atoms with van der Waals surface area (Å²) in [6, 6.07) is 0.260. The van der Waals surface area contributed by atoms with Crippen LogP contribution in [0.25, 0.3) is 0 Å². The molecular weight excluding hydrogens is 274 g/mol. The maximum absolute atomic E-state index is 12.0. The highest BCUT2D eigenvalue weighted by Gasteiger charge is 2.28. The van der Waals surface area contributed by atoms with Gasteiger partial charge in [0.25, 0.3) is 5.91 Å². The Morgan fingerprint density at radius 1 is 1.48 bits per heavy atom. The Kier molecular flexibility index (Phi) is 4.56. The summed E-state index contributed by atoms with van der Waals surface area (Å²) >= 11 is 0. The van der Waals surface area contributed by atoms with Gasteiger partial charge in [0.2, 0.25) is 0 Å². The summed E-state index contributed by atoms with van der Waals surface area (Å²) in [5, 5.41) is 22.7. The van der Waals surface area contributed by atoms with Crippen LogP contribution in [0.15, 0.2) is 6.20 Å². The lowest BCUT2D eigenvalue weighted by Crippen LogP contribution is -2.39. The fourth-order valence-corrected chi connectivity index (χ4v) is 2.10. The van der Waals surface area contributed by atoms with Crippen LogP contribution < -0.4 is 10.6 Å². The number of aliphatic carboxylic acids is 1. The fraction of sp³-hybridized carbons (Fsp3) is 0.692. The van der Waals surface area contributed by atoms with Crippen molar-refractivity contribution < 1.29 is 14.7 Å². The Bertz CT molecular complexity index is 520. The van der Waals surface area contributed by atoms with Gasteiger partial charge in [-0.25, -0.2) is 4.68 Å². The number of hydrogen-bond donors (Lipinski definition) is 3. The topological polar surface area (TPSA) is 109 Å². The minimum absolute atomic E-state index is 0.0430. The Morgan fingerprint density at radius 3 is 2.76 bits per heavy atom. The van der Waals surface area contributed by atoms with Gasteiger partial charge in [0.15, 0.2) is 5.69 Å². The number of aromatic nitrogens is 3. The van der Waals surface area contributed by atoms with Crippen LogP contribution in [0.1, 0.15) is 43.2 Å². The van der Waals surface area contributed by atoms with Gasteiger partial charge in [-0.2, -0.15) is 0 Å². The van der Waals surface area contributed by atoms with E-state index in [1.54, 1.807) is 24.7 Å². The van der Waals surface area contributed by atoms with Crippen LogP contribution in [0.3, 0.4) is 0 Å². The summed E-state index contributed by atoms with van der Waals surface area (Å²) in [4.78, 5) is 23.0. The van der Waals surface area contributed by atoms with Crippen molar-refractivity contribution >= 4 is 11.9 Å². The quantitative estimate of drug-likeness (QED) is 0.708. The number of piperidine rings is 1. The zero-order valence-corrected chi connectivity index (χ0v) is 12.3. The molecule has 1 aliphatic heterocycles. The molecule has 0 spiro atoms. The maximum atomic E-state index is 12.0. The van der Waals surface area contributed by atoms with E-state index in [1.165, 1.54) is 0 Å². The lowest BCUT2D eigenvalue weighted by molar-refractivity contribution is -0.146. The Morgan fingerprint density at radius 2 is 2.14 bits per heavy atom. The van der Waals surface area contributed by atoms with Gasteiger partial charge in [-0.05, 0) is 39.8 Å². The molecule has 1 aliphatic rings. The summed E-state index contributed by atoms with van der Waals surface area (Å²) in [5.74, 6) is -1.36. The highest BCUT2D eigenvalue weighted by Crippen LogP contribution is 2.17. The number of hydrogen-bond acceptors (Lipinski definition) is 5. The third kappa shape index (κ3) is 3.78. The molecule has 0 saturated carbocycles. The van der Waals surface area contributed by atoms with Gasteiger partial charge in [-0.1, -0.05) is 5.21 Å². The molecule has 1 aromatic heterocycles. The van der Waals surface area contributed by atoms with Crippen molar-refractivity contribution in [3.63, 3.8) is 0 Å². The van der Waals surface area contributed by atoms with Crippen molar-refractivity contribution in [1.29, 1.82) is 0 Å². The molecule has 0 unspecified atom stereocenters. The second kappa shape index (κ2) is 6.21. The summed E-state index contributed by atoms with van der Waals surface area (Å²) in [6.07, 6.45) is 3.53. The van der Waals surface area contributed by atoms with E-state index in [9.17, 15) is 9.59 Å². The van der Waals surface area contributed by atoms with Gasteiger partial charge in [0, 0.05) is 6.54 Å². The van der Waals surface area contributed by atoms with Gasteiger partial charge in [0.05, 0.1) is 17.7 Å². The van der Waals surface area contributed by atoms with E-state index >= 15 is 0 Å². The maximum Gasteiger partial charge on any atom is 0.310 e. The fourth-order valence-electron chi connectivity index (χ4n) is 2.10. The average Bonchev–Trinajstić information content (AvgIpc) is 2.95. The molecule has 0 atom stereocenters. The molecule has 116 valence electrons. The van der Waals surface area contributed by atoms with Gasteiger partial charge in [-0.15, -0.1) is 5.10 Å². The zero-order chi connectivity index (χ0) is 15.5. The number of amides is 1. The molecule has 1 saturated heterocycles. The van der Waals surface area contributed by atoms with E-state index in [-0.39, 0.29) is 18.3 Å². The molecule has 3 N–H and O–H groups in total. The van der Waals surface area contributed by atoms with Crippen LogP contribution >= 0.6 is 0 Å². The SMILES string of the molecule is CC(C)(CNC(=O)c1cn(C2CCNCC2)nn1)C(=O)O. The van der Waals surface area contributed by atoms with Crippen LogP contribution in [0.2, 0.25) is 0 Å². The lowest BCUT2D eigenvalue weighted by atomic mass is 9.94. The molecule has 21 heavy (non-hydrogen) atoms. The summed E-state index contributed by atoms with van der Waals surface area (Å²) in [5.41, 5.74) is -0.796. The molecule has 1 amide bonds. The van der Waals surface area contributed by atoms with Crippen LogP contribution in [-0.2, 0) is 4.79 Å². The Labute approximate surface area is 122 Å². The second-order valence-corrected chi connectivity index (χ2v) is 5.94. The second-order valence-electron chi connectivity index (χ2n) is 5.94. The van der Waals surface area contributed by atoms with Crippen molar-refractivity contribution in [2.24, 2.45) is 5.41 Å². The molecule has 8 heteroatoms. The normalized spacial score (nSPS) is 16.7.